The molecule has 1 aromatic rings. The first-order chi connectivity index (χ1) is 9.63. The summed E-state index contributed by atoms with van der Waals surface area (Å²) >= 11 is 0. The first-order valence-corrected chi connectivity index (χ1v) is 6.26. The molecule has 0 bridgehead atoms. The highest BCUT2D eigenvalue weighted by atomic mass is 16.5. The van der Waals surface area contributed by atoms with Gasteiger partial charge in [0, 0.05) is 13.3 Å². The van der Waals surface area contributed by atoms with E-state index in [0.29, 0.717) is 11.3 Å². The molecule has 6 heteroatoms. The molecule has 20 heavy (non-hydrogen) atoms. The lowest BCUT2D eigenvalue weighted by Crippen LogP contribution is -2.46. The summed E-state index contributed by atoms with van der Waals surface area (Å²) in [5.41, 5.74) is 0.807. The maximum atomic E-state index is 12.5. The maximum absolute atomic E-state index is 12.5. The molecule has 2 heterocycles. The van der Waals surface area contributed by atoms with Crippen LogP contribution in [0.15, 0.2) is 36.5 Å². The average molecular weight is 274 g/mol. The minimum absolute atomic E-state index is 0.184. The third-order valence-electron chi connectivity index (χ3n) is 3.71. The largest absolute Gasteiger partial charge is 0.465 e. The fraction of sp³-hybridized carbons (Fsp3) is 0.286. The lowest BCUT2D eigenvalue weighted by Gasteiger charge is -2.27. The number of methoxy groups -OCH3 is 1. The van der Waals surface area contributed by atoms with Crippen molar-refractivity contribution in [2.24, 2.45) is 0 Å². The molecule has 6 nitrogen and oxygen atoms in total. The van der Waals surface area contributed by atoms with Crippen LogP contribution in [0.4, 0.5) is 10.5 Å². The quantitative estimate of drug-likeness (QED) is 0.843. The Hall–Kier alpha value is -2.34. The van der Waals surface area contributed by atoms with Crippen molar-refractivity contribution >= 4 is 17.7 Å². The fourth-order valence-corrected chi connectivity index (χ4v) is 2.72. The van der Waals surface area contributed by atoms with Crippen LogP contribution >= 0.6 is 0 Å². The number of amides is 2. The van der Waals surface area contributed by atoms with E-state index in [2.05, 4.69) is 0 Å². The molecule has 1 aromatic carbocycles. The summed E-state index contributed by atoms with van der Waals surface area (Å²) in [4.78, 5) is 26.8. The van der Waals surface area contributed by atoms with Gasteiger partial charge in [-0.2, -0.15) is 0 Å². The van der Waals surface area contributed by atoms with Crippen LogP contribution in [0.1, 0.15) is 10.4 Å². The minimum Gasteiger partial charge on any atom is -0.465 e. The van der Waals surface area contributed by atoms with Gasteiger partial charge in [-0.15, -0.1) is 0 Å². The molecule has 0 saturated carbocycles. The van der Waals surface area contributed by atoms with Crippen molar-refractivity contribution in [3.8, 4) is 0 Å². The first-order valence-electron chi connectivity index (χ1n) is 6.26. The number of benzene rings is 1. The van der Waals surface area contributed by atoms with E-state index in [-0.39, 0.29) is 24.6 Å². The van der Waals surface area contributed by atoms with Crippen molar-refractivity contribution in [3.05, 3.63) is 42.1 Å². The van der Waals surface area contributed by atoms with Gasteiger partial charge in [0.2, 0.25) is 0 Å². The number of carbonyl (C=O) groups is 2. The van der Waals surface area contributed by atoms with Gasteiger partial charge in [-0.1, -0.05) is 12.1 Å². The maximum Gasteiger partial charge on any atom is 0.411 e. The Morgan fingerprint density at radius 2 is 2.15 bits per heavy atom. The van der Waals surface area contributed by atoms with E-state index < -0.39 is 6.09 Å². The van der Waals surface area contributed by atoms with Crippen LogP contribution in [0, 0.1) is 0 Å². The molecule has 0 fully saturated rings. The Labute approximate surface area is 115 Å². The molecule has 0 radical (unpaired) electrons. The number of ether oxygens (including phenoxy) is 1. The van der Waals surface area contributed by atoms with Gasteiger partial charge in [-0.25, -0.2) is 4.79 Å². The van der Waals surface area contributed by atoms with Gasteiger partial charge in [0.1, 0.15) is 0 Å². The SMILES string of the molecule is COC1C=CN2C(=O)c3ccccc3N(C(=O)O)CC12. The number of hydrogen-bond donors (Lipinski definition) is 1. The smallest absolute Gasteiger partial charge is 0.411 e. The van der Waals surface area contributed by atoms with E-state index in [4.69, 9.17) is 4.74 Å². The minimum atomic E-state index is -1.08. The van der Waals surface area contributed by atoms with Crippen LogP contribution in [0.5, 0.6) is 0 Å². The number of carboxylic acid groups (broad SMARTS) is 1. The summed E-state index contributed by atoms with van der Waals surface area (Å²) in [7, 11) is 1.55. The zero-order valence-electron chi connectivity index (χ0n) is 10.9. The molecule has 104 valence electrons. The Balaban J connectivity index is 2.11. The third kappa shape index (κ3) is 1.77. The molecule has 0 aromatic heterocycles. The summed E-state index contributed by atoms with van der Waals surface area (Å²) < 4.78 is 5.31. The van der Waals surface area contributed by atoms with E-state index in [9.17, 15) is 14.7 Å². The first kappa shape index (κ1) is 12.7. The predicted molar refractivity (Wildman–Crippen MR) is 71.7 cm³/mol. The fourth-order valence-electron chi connectivity index (χ4n) is 2.72. The molecular formula is C14H14N2O4. The summed E-state index contributed by atoms with van der Waals surface area (Å²) in [6, 6.07) is 6.40. The molecule has 0 spiro atoms. The number of hydrogen-bond acceptors (Lipinski definition) is 3. The number of anilines is 1. The summed E-state index contributed by atoms with van der Waals surface area (Å²) in [6.45, 7) is 0.184. The van der Waals surface area contributed by atoms with Gasteiger partial charge in [0.05, 0.1) is 29.9 Å². The Morgan fingerprint density at radius 3 is 2.85 bits per heavy atom. The summed E-state index contributed by atoms with van der Waals surface area (Å²) in [5, 5.41) is 9.41. The average Bonchev–Trinajstić information content (AvgIpc) is 2.81. The molecule has 2 aliphatic rings. The highest BCUT2D eigenvalue weighted by molar-refractivity contribution is 6.05. The predicted octanol–water partition coefficient (Wildman–Crippen LogP) is 1.54. The van der Waals surface area contributed by atoms with Crippen molar-refractivity contribution in [2.75, 3.05) is 18.6 Å². The molecular weight excluding hydrogens is 260 g/mol. The Bertz CT molecular complexity index is 599. The van der Waals surface area contributed by atoms with Crippen LogP contribution in [-0.4, -0.2) is 47.8 Å². The van der Waals surface area contributed by atoms with Crippen LogP contribution in [0.25, 0.3) is 0 Å². The van der Waals surface area contributed by atoms with Gasteiger partial charge in [0.15, 0.2) is 0 Å². The van der Waals surface area contributed by atoms with Gasteiger partial charge in [-0.3, -0.25) is 9.69 Å². The Morgan fingerprint density at radius 1 is 1.40 bits per heavy atom. The monoisotopic (exact) mass is 274 g/mol. The van der Waals surface area contributed by atoms with E-state index in [1.54, 1.807) is 48.6 Å². The topological polar surface area (TPSA) is 70.1 Å². The van der Waals surface area contributed by atoms with Crippen molar-refractivity contribution < 1.29 is 19.4 Å². The zero-order chi connectivity index (χ0) is 14.3. The van der Waals surface area contributed by atoms with Gasteiger partial charge in [-0.05, 0) is 18.2 Å². The third-order valence-corrected chi connectivity index (χ3v) is 3.71. The number of fused-ring (bicyclic) bond motifs is 2. The molecule has 0 saturated heterocycles. The molecule has 2 unspecified atom stereocenters. The van der Waals surface area contributed by atoms with Gasteiger partial charge >= 0.3 is 6.09 Å². The van der Waals surface area contributed by atoms with E-state index in [1.807, 2.05) is 0 Å². The molecule has 2 amide bonds. The van der Waals surface area contributed by atoms with Crippen molar-refractivity contribution in [2.45, 2.75) is 12.1 Å². The summed E-state index contributed by atoms with van der Waals surface area (Å²) in [6.07, 6.45) is 2.07. The number of para-hydroxylation sites is 1. The van der Waals surface area contributed by atoms with Crippen LogP contribution in [0.3, 0.4) is 0 Å². The lowest BCUT2D eigenvalue weighted by atomic mass is 10.1. The second-order valence-electron chi connectivity index (χ2n) is 4.73. The van der Waals surface area contributed by atoms with Crippen molar-refractivity contribution in [1.82, 2.24) is 4.90 Å². The second kappa shape index (κ2) is 4.64. The number of nitrogens with zero attached hydrogens (tertiary/aromatic N) is 2. The molecule has 1 N–H and O–H groups in total. The molecule has 0 aliphatic carbocycles. The van der Waals surface area contributed by atoms with Gasteiger partial charge in [0.25, 0.3) is 5.91 Å². The van der Waals surface area contributed by atoms with Crippen LogP contribution in [-0.2, 0) is 4.74 Å². The van der Waals surface area contributed by atoms with E-state index in [1.165, 1.54) is 4.90 Å². The normalized spacial score (nSPS) is 24.4. The molecule has 2 aliphatic heterocycles. The van der Waals surface area contributed by atoms with Crippen LogP contribution in [0.2, 0.25) is 0 Å². The van der Waals surface area contributed by atoms with E-state index in [0.717, 1.165) is 0 Å². The van der Waals surface area contributed by atoms with E-state index >= 15 is 0 Å². The molecule has 3 rings (SSSR count). The van der Waals surface area contributed by atoms with Gasteiger partial charge < -0.3 is 14.7 Å². The highest BCUT2D eigenvalue weighted by Gasteiger charge is 2.40. The zero-order valence-corrected chi connectivity index (χ0v) is 10.9. The van der Waals surface area contributed by atoms with Crippen molar-refractivity contribution in [3.63, 3.8) is 0 Å². The second-order valence-corrected chi connectivity index (χ2v) is 4.73. The number of rotatable bonds is 1. The molecule has 2 atom stereocenters. The van der Waals surface area contributed by atoms with Crippen molar-refractivity contribution in [1.29, 1.82) is 0 Å². The van der Waals surface area contributed by atoms with Crippen LogP contribution < -0.4 is 4.90 Å². The standard InChI is InChI=1S/C14H14N2O4/c1-20-12-6-7-15-11(12)8-16(14(18)19)10-5-3-2-4-9(10)13(15)17/h2-7,11-12H,8H2,1H3,(H,18,19). The summed E-state index contributed by atoms with van der Waals surface area (Å²) in [5.74, 6) is -0.204. The number of carbonyl (C=O) groups excluding carboxylic acids is 1. The highest BCUT2D eigenvalue weighted by Crippen LogP contribution is 2.31. The Kier molecular flexibility index (Phi) is 2.94. The lowest BCUT2D eigenvalue weighted by molar-refractivity contribution is 0.0600.